The first-order chi connectivity index (χ1) is 12.4. The Kier molecular flexibility index (Phi) is 8.31. The van der Waals surface area contributed by atoms with E-state index < -0.39 is 0 Å². The Morgan fingerprint density at radius 3 is 2.35 bits per heavy atom. The van der Waals surface area contributed by atoms with Crippen LogP contribution in [0.3, 0.4) is 0 Å². The van der Waals surface area contributed by atoms with E-state index in [1.807, 2.05) is 32.1 Å². The summed E-state index contributed by atoms with van der Waals surface area (Å²) in [5, 5.41) is 0.802. The van der Waals surface area contributed by atoms with Crippen molar-refractivity contribution >= 4 is 17.7 Å². The van der Waals surface area contributed by atoms with Crippen LogP contribution in [0.4, 0.5) is 0 Å². The van der Waals surface area contributed by atoms with Crippen molar-refractivity contribution in [2.75, 3.05) is 59.6 Å². The molecule has 0 atom stereocenters. The van der Waals surface area contributed by atoms with Crippen LogP contribution in [-0.4, -0.2) is 90.2 Å². The first-order valence-corrected chi connectivity index (χ1v) is 10.7. The lowest BCUT2D eigenvalue weighted by atomic mass is 10.1. The Bertz CT molecular complexity index is 579. The minimum atomic E-state index is 0.205. The number of thioether (sulfide) groups is 1. The zero-order valence-electron chi connectivity index (χ0n) is 16.9. The van der Waals surface area contributed by atoms with Crippen molar-refractivity contribution in [1.82, 2.24) is 24.7 Å². The number of piperazine rings is 1. The lowest BCUT2D eigenvalue weighted by Crippen LogP contribution is -2.45. The van der Waals surface area contributed by atoms with E-state index in [4.69, 9.17) is 0 Å². The van der Waals surface area contributed by atoms with Gasteiger partial charge in [-0.05, 0) is 52.1 Å². The SMILES string of the molecule is CSc1nc(C)c(CCC(=O)N(C)CCCN2CCN(C)CC2)c(C)n1. The third-order valence-corrected chi connectivity index (χ3v) is 5.71. The van der Waals surface area contributed by atoms with Crippen molar-refractivity contribution < 1.29 is 4.79 Å². The van der Waals surface area contributed by atoms with Gasteiger partial charge in [0.15, 0.2) is 5.16 Å². The number of aryl methyl sites for hydroxylation is 2. The number of amides is 1. The molecule has 0 radical (unpaired) electrons. The summed E-state index contributed by atoms with van der Waals surface area (Å²) >= 11 is 1.55. The molecule has 0 aliphatic carbocycles. The second-order valence-electron chi connectivity index (χ2n) is 7.17. The second kappa shape index (κ2) is 10.2. The standard InChI is InChI=1S/C19H33N5OS/c1-15-17(16(2)21-19(20-15)26-5)7-8-18(25)23(4)9-6-10-24-13-11-22(3)12-14-24/h6-14H2,1-5H3. The van der Waals surface area contributed by atoms with E-state index >= 15 is 0 Å². The average molecular weight is 380 g/mol. The lowest BCUT2D eigenvalue weighted by molar-refractivity contribution is -0.129. The van der Waals surface area contributed by atoms with Crippen LogP contribution in [0.5, 0.6) is 0 Å². The average Bonchev–Trinajstić information content (AvgIpc) is 2.62. The molecule has 0 bridgehead atoms. The Morgan fingerprint density at radius 1 is 1.15 bits per heavy atom. The number of carbonyl (C=O) groups is 1. The second-order valence-corrected chi connectivity index (χ2v) is 7.95. The largest absolute Gasteiger partial charge is 0.346 e. The molecule has 0 saturated carbocycles. The van der Waals surface area contributed by atoms with Crippen LogP contribution in [0.1, 0.15) is 29.8 Å². The fraction of sp³-hybridized carbons (Fsp3) is 0.737. The zero-order valence-corrected chi connectivity index (χ0v) is 17.7. The maximum Gasteiger partial charge on any atom is 0.222 e. The van der Waals surface area contributed by atoms with Gasteiger partial charge in [0.2, 0.25) is 5.91 Å². The first kappa shape index (κ1) is 21.1. The number of likely N-dealkylation sites (N-methyl/N-ethyl adjacent to an activating group) is 1. The van der Waals surface area contributed by atoms with E-state index in [2.05, 4.69) is 26.8 Å². The van der Waals surface area contributed by atoms with Crippen molar-refractivity contribution in [2.45, 2.75) is 38.3 Å². The number of hydrogen-bond acceptors (Lipinski definition) is 6. The van der Waals surface area contributed by atoms with Gasteiger partial charge in [0.1, 0.15) is 0 Å². The van der Waals surface area contributed by atoms with Gasteiger partial charge in [-0.2, -0.15) is 0 Å². The molecule has 1 amide bonds. The molecular formula is C19H33N5OS. The van der Waals surface area contributed by atoms with E-state index in [-0.39, 0.29) is 5.91 Å². The predicted octanol–water partition coefficient (Wildman–Crippen LogP) is 1.84. The number of hydrogen-bond donors (Lipinski definition) is 0. The van der Waals surface area contributed by atoms with Crippen molar-refractivity contribution in [3.63, 3.8) is 0 Å². The highest BCUT2D eigenvalue weighted by molar-refractivity contribution is 7.98. The molecule has 6 nitrogen and oxygen atoms in total. The third-order valence-electron chi connectivity index (χ3n) is 5.16. The minimum absolute atomic E-state index is 0.205. The van der Waals surface area contributed by atoms with Crippen LogP contribution in [0.15, 0.2) is 5.16 Å². The maximum atomic E-state index is 12.4. The summed E-state index contributed by atoms with van der Waals surface area (Å²) in [5.74, 6) is 0.205. The Morgan fingerprint density at radius 2 is 1.77 bits per heavy atom. The molecule has 2 heterocycles. The van der Waals surface area contributed by atoms with Crippen LogP contribution in [-0.2, 0) is 11.2 Å². The minimum Gasteiger partial charge on any atom is -0.346 e. The normalized spacial score (nSPS) is 16.0. The van der Waals surface area contributed by atoms with E-state index in [9.17, 15) is 4.79 Å². The molecule has 0 unspecified atom stereocenters. The van der Waals surface area contributed by atoms with Crippen molar-refractivity contribution in [2.24, 2.45) is 0 Å². The van der Waals surface area contributed by atoms with E-state index in [0.29, 0.717) is 12.8 Å². The van der Waals surface area contributed by atoms with Gasteiger partial charge in [-0.1, -0.05) is 11.8 Å². The zero-order chi connectivity index (χ0) is 19.1. The molecule has 0 N–H and O–H groups in total. The number of carbonyl (C=O) groups excluding carboxylic acids is 1. The van der Waals surface area contributed by atoms with Crippen LogP contribution in [0.2, 0.25) is 0 Å². The Balaban J connectivity index is 1.73. The molecule has 26 heavy (non-hydrogen) atoms. The van der Waals surface area contributed by atoms with Crippen LogP contribution in [0, 0.1) is 13.8 Å². The summed E-state index contributed by atoms with van der Waals surface area (Å²) in [6, 6.07) is 0. The topological polar surface area (TPSA) is 52.6 Å². The molecule has 0 aromatic carbocycles. The Hall–Kier alpha value is -1.18. The summed E-state index contributed by atoms with van der Waals surface area (Å²) < 4.78 is 0. The number of aromatic nitrogens is 2. The summed E-state index contributed by atoms with van der Waals surface area (Å²) in [7, 11) is 4.09. The first-order valence-electron chi connectivity index (χ1n) is 9.43. The monoisotopic (exact) mass is 379 g/mol. The Labute approximate surface area is 162 Å². The van der Waals surface area contributed by atoms with E-state index in [1.165, 1.54) is 0 Å². The van der Waals surface area contributed by atoms with Crippen LogP contribution < -0.4 is 0 Å². The third kappa shape index (κ3) is 6.21. The van der Waals surface area contributed by atoms with Gasteiger partial charge in [0.25, 0.3) is 0 Å². The van der Waals surface area contributed by atoms with Gasteiger partial charge in [0, 0.05) is 57.6 Å². The molecule has 0 spiro atoms. The summed E-state index contributed by atoms with van der Waals surface area (Å²) in [4.78, 5) is 28.2. The quantitative estimate of drug-likeness (QED) is 0.507. The fourth-order valence-electron chi connectivity index (χ4n) is 3.31. The molecule has 1 aromatic rings. The number of rotatable bonds is 8. The van der Waals surface area contributed by atoms with Gasteiger partial charge in [-0.25, -0.2) is 9.97 Å². The van der Waals surface area contributed by atoms with Crippen LogP contribution >= 0.6 is 11.8 Å². The molecule has 1 aromatic heterocycles. The molecule has 1 fully saturated rings. The summed E-state index contributed by atoms with van der Waals surface area (Å²) in [5.41, 5.74) is 3.10. The highest BCUT2D eigenvalue weighted by Gasteiger charge is 2.15. The molecule has 1 saturated heterocycles. The lowest BCUT2D eigenvalue weighted by Gasteiger charge is -2.32. The van der Waals surface area contributed by atoms with Crippen molar-refractivity contribution in [1.29, 1.82) is 0 Å². The van der Waals surface area contributed by atoms with Crippen molar-refractivity contribution in [3.05, 3.63) is 17.0 Å². The van der Waals surface area contributed by atoms with Gasteiger partial charge < -0.3 is 14.7 Å². The van der Waals surface area contributed by atoms with Gasteiger partial charge in [-0.3, -0.25) is 4.79 Å². The molecular weight excluding hydrogens is 346 g/mol. The highest BCUT2D eigenvalue weighted by atomic mass is 32.2. The molecule has 1 aliphatic heterocycles. The molecule has 146 valence electrons. The maximum absolute atomic E-state index is 12.4. The van der Waals surface area contributed by atoms with E-state index in [1.54, 1.807) is 11.8 Å². The van der Waals surface area contributed by atoms with E-state index in [0.717, 1.165) is 67.8 Å². The molecule has 7 heteroatoms. The van der Waals surface area contributed by atoms with Crippen molar-refractivity contribution in [3.8, 4) is 0 Å². The van der Waals surface area contributed by atoms with Crippen LogP contribution in [0.25, 0.3) is 0 Å². The molecule has 1 aliphatic rings. The summed E-state index contributed by atoms with van der Waals surface area (Å²) in [6.07, 6.45) is 4.26. The predicted molar refractivity (Wildman–Crippen MR) is 108 cm³/mol. The molecule has 2 rings (SSSR count). The highest BCUT2D eigenvalue weighted by Crippen LogP contribution is 2.17. The fourth-order valence-corrected chi connectivity index (χ4v) is 3.77. The smallest absolute Gasteiger partial charge is 0.222 e. The summed E-state index contributed by atoms with van der Waals surface area (Å²) in [6.45, 7) is 10.5. The van der Waals surface area contributed by atoms with Gasteiger partial charge in [-0.15, -0.1) is 0 Å². The number of nitrogens with zero attached hydrogens (tertiary/aromatic N) is 5. The van der Waals surface area contributed by atoms with Gasteiger partial charge >= 0.3 is 0 Å². The van der Waals surface area contributed by atoms with Gasteiger partial charge in [0.05, 0.1) is 0 Å².